The Hall–Kier alpha value is -1.26. The molecule has 0 bridgehead atoms. The fourth-order valence-electron chi connectivity index (χ4n) is 2.56. The van der Waals surface area contributed by atoms with Crippen molar-refractivity contribution in [2.75, 3.05) is 19.7 Å². The summed E-state index contributed by atoms with van der Waals surface area (Å²) >= 11 is 0. The molecule has 0 N–H and O–H groups in total. The van der Waals surface area contributed by atoms with Crippen molar-refractivity contribution in [3.63, 3.8) is 0 Å². The van der Waals surface area contributed by atoms with Crippen LogP contribution in [0.3, 0.4) is 0 Å². The summed E-state index contributed by atoms with van der Waals surface area (Å²) < 4.78 is 10.4. The van der Waals surface area contributed by atoms with E-state index in [1.54, 1.807) is 4.90 Å². The monoisotopic (exact) mass is 299 g/mol. The Morgan fingerprint density at radius 2 is 1.81 bits per heavy atom. The largest absolute Gasteiger partial charge is 0.466 e. The van der Waals surface area contributed by atoms with Gasteiger partial charge in [-0.15, -0.1) is 0 Å². The molecule has 1 aliphatic heterocycles. The number of carbonyl (C=O) groups is 2. The molecule has 21 heavy (non-hydrogen) atoms. The van der Waals surface area contributed by atoms with E-state index in [0.29, 0.717) is 25.6 Å². The molecular formula is C16H29NO4. The lowest BCUT2D eigenvalue weighted by Crippen LogP contribution is -2.42. The average Bonchev–Trinajstić information content (AvgIpc) is 2.37. The van der Waals surface area contributed by atoms with Gasteiger partial charge in [0.25, 0.3) is 0 Å². The standard InChI is InChI=1S/C16H29NO4/c1-6-20-14(18)12(2)11-13-7-9-17(10-8-13)15(19)21-16(3,4)5/h12-13H,6-11H2,1-5H3. The molecule has 0 aromatic rings. The third kappa shape index (κ3) is 6.36. The second-order valence-electron chi connectivity index (χ2n) is 6.80. The SMILES string of the molecule is CCOC(=O)C(C)CC1CCN(C(=O)OC(C)(C)C)CC1. The zero-order chi connectivity index (χ0) is 16.0. The molecule has 0 aromatic heterocycles. The first kappa shape index (κ1) is 17.8. The van der Waals surface area contributed by atoms with E-state index in [1.807, 2.05) is 34.6 Å². The molecule has 0 aromatic carbocycles. The summed E-state index contributed by atoms with van der Waals surface area (Å²) in [6.45, 7) is 11.2. The summed E-state index contributed by atoms with van der Waals surface area (Å²) in [5.74, 6) is 0.290. The molecule has 122 valence electrons. The number of carbonyl (C=O) groups excluding carboxylic acids is 2. The topological polar surface area (TPSA) is 55.8 Å². The van der Waals surface area contributed by atoms with Crippen molar-refractivity contribution < 1.29 is 19.1 Å². The molecule has 1 aliphatic rings. The van der Waals surface area contributed by atoms with Crippen molar-refractivity contribution >= 4 is 12.1 Å². The third-order valence-electron chi connectivity index (χ3n) is 3.64. The zero-order valence-corrected chi connectivity index (χ0v) is 14.0. The molecule has 1 amide bonds. The summed E-state index contributed by atoms with van der Waals surface area (Å²) in [7, 11) is 0. The normalized spacial score (nSPS) is 18.2. The van der Waals surface area contributed by atoms with Crippen molar-refractivity contribution in [3.05, 3.63) is 0 Å². The first-order valence-corrected chi connectivity index (χ1v) is 7.87. The Morgan fingerprint density at radius 1 is 1.24 bits per heavy atom. The summed E-state index contributed by atoms with van der Waals surface area (Å²) in [6, 6.07) is 0. The second kappa shape index (κ2) is 7.66. The van der Waals surface area contributed by atoms with Gasteiger partial charge < -0.3 is 14.4 Å². The van der Waals surface area contributed by atoms with Crippen LogP contribution >= 0.6 is 0 Å². The lowest BCUT2D eigenvalue weighted by molar-refractivity contribution is -0.148. The first-order valence-electron chi connectivity index (χ1n) is 7.87. The van der Waals surface area contributed by atoms with E-state index >= 15 is 0 Å². The van der Waals surface area contributed by atoms with Crippen LogP contribution in [0.2, 0.25) is 0 Å². The van der Waals surface area contributed by atoms with Crippen LogP contribution in [0, 0.1) is 11.8 Å². The number of rotatable bonds is 4. The van der Waals surface area contributed by atoms with E-state index in [0.717, 1.165) is 19.3 Å². The maximum absolute atomic E-state index is 12.0. The van der Waals surface area contributed by atoms with Crippen LogP contribution in [0.25, 0.3) is 0 Å². The number of piperidine rings is 1. The Labute approximate surface area is 128 Å². The fraction of sp³-hybridized carbons (Fsp3) is 0.875. The quantitative estimate of drug-likeness (QED) is 0.748. The number of hydrogen-bond acceptors (Lipinski definition) is 4. The molecule has 0 spiro atoms. The van der Waals surface area contributed by atoms with Gasteiger partial charge in [-0.2, -0.15) is 0 Å². The lowest BCUT2D eigenvalue weighted by atomic mass is 9.88. The van der Waals surface area contributed by atoms with Crippen LogP contribution in [-0.2, 0) is 14.3 Å². The highest BCUT2D eigenvalue weighted by molar-refractivity contribution is 5.72. The smallest absolute Gasteiger partial charge is 0.410 e. The van der Waals surface area contributed by atoms with Crippen LogP contribution in [0.1, 0.15) is 53.9 Å². The molecule has 0 saturated carbocycles. The molecular weight excluding hydrogens is 270 g/mol. The van der Waals surface area contributed by atoms with Crippen LogP contribution in [0.5, 0.6) is 0 Å². The van der Waals surface area contributed by atoms with Crippen LogP contribution in [0.4, 0.5) is 4.79 Å². The fourth-order valence-corrected chi connectivity index (χ4v) is 2.56. The molecule has 1 fully saturated rings. The maximum Gasteiger partial charge on any atom is 0.410 e. The van der Waals surface area contributed by atoms with E-state index in [4.69, 9.17) is 9.47 Å². The van der Waals surface area contributed by atoms with Crippen molar-refractivity contribution in [2.24, 2.45) is 11.8 Å². The predicted molar refractivity (Wildman–Crippen MR) is 80.9 cm³/mol. The lowest BCUT2D eigenvalue weighted by Gasteiger charge is -2.34. The minimum Gasteiger partial charge on any atom is -0.466 e. The van der Waals surface area contributed by atoms with Crippen molar-refractivity contribution in [2.45, 2.75) is 59.5 Å². The first-order chi connectivity index (χ1) is 9.73. The highest BCUT2D eigenvalue weighted by atomic mass is 16.6. The van der Waals surface area contributed by atoms with Crippen molar-refractivity contribution in [3.8, 4) is 0 Å². The van der Waals surface area contributed by atoms with E-state index in [2.05, 4.69) is 0 Å². The Kier molecular flexibility index (Phi) is 6.49. The Balaban J connectivity index is 2.35. The predicted octanol–water partition coefficient (Wildman–Crippen LogP) is 3.22. The molecule has 1 rings (SSSR count). The number of ether oxygens (including phenoxy) is 2. The summed E-state index contributed by atoms with van der Waals surface area (Å²) in [5.41, 5.74) is -0.452. The average molecular weight is 299 g/mol. The van der Waals surface area contributed by atoms with Gasteiger partial charge in [0.05, 0.1) is 12.5 Å². The van der Waals surface area contributed by atoms with Gasteiger partial charge in [-0.1, -0.05) is 6.92 Å². The summed E-state index contributed by atoms with van der Waals surface area (Å²) in [4.78, 5) is 25.4. The number of amides is 1. The van der Waals surface area contributed by atoms with Gasteiger partial charge >= 0.3 is 12.1 Å². The molecule has 1 saturated heterocycles. The number of nitrogens with zero attached hydrogens (tertiary/aromatic N) is 1. The summed E-state index contributed by atoms with van der Waals surface area (Å²) in [5, 5.41) is 0. The zero-order valence-electron chi connectivity index (χ0n) is 14.0. The van der Waals surface area contributed by atoms with Crippen molar-refractivity contribution in [1.82, 2.24) is 4.90 Å². The van der Waals surface area contributed by atoms with Gasteiger partial charge in [0.15, 0.2) is 0 Å². The van der Waals surface area contributed by atoms with Crippen molar-refractivity contribution in [1.29, 1.82) is 0 Å². The van der Waals surface area contributed by atoms with Gasteiger partial charge in [-0.25, -0.2) is 4.79 Å². The van der Waals surface area contributed by atoms with Crippen LogP contribution < -0.4 is 0 Å². The second-order valence-corrected chi connectivity index (χ2v) is 6.80. The van der Waals surface area contributed by atoms with Gasteiger partial charge in [0.2, 0.25) is 0 Å². The van der Waals surface area contributed by atoms with Gasteiger partial charge in [0.1, 0.15) is 5.60 Å². The van der Waals surface area contributed by atoms with E-state index in [-0.39, 0.29) is 18.0 Å². The van der Waals surface area contributed by atoms with E-state index in [9.17, 15) is 9.59 Å². The highest BCUT2D eigenvalue weighted by Crippen LogP contribution is 2.25. The Morgan fingerprint density at radius 3 is 2.29 bits per heavy atom. The number of hydrogen-bond donors (Lipinski definition) is 0. The highest BCUT2D eigenvalue weighted by Gasteiger charge is 2.28. The van der Waals surface area contributed by atoms with Crippen LogP contribution in [-0.4, -0.2) is 42.3 Å². The minimum atomic E-state index is -0.452. The Bertz CT molecular complexity index is 354. The minimum absolute atomic E-state index is 0.0666. The van der Waals surface area contributed by atoms with E-state index < -0.39 is 5.60 Å². The molecule has 1 unspecified atom stereocenters. The summed E-state index contributed by atoms with van der Waals surface area (Å²) in [6.07, 6.45) is 2.44. The molecule has 5 heteroatoms. The van der Waals surface area contributed by atoms with E-state index in [1.165, 1.54) is 0 Å². The van der Waals surface area contributed by atoms with Gasteiger partial charge in [0, 0.05) is 13.1 Å². The van der Waals surface area contributed by atoms with Crippen LogP contribution in [0.15, 0.2) is 0 Å². The number of esters is 1. The molecule has 5 nitrogen and oxygen atoms in total. The molecule has 0 aliphatic carbocycles. The molecule has 0 radical (unpaired) electrons. The maximum atomic E-state index is 12.0. The van der Waals surface area contributed by atoms with Gasteiger partial charge in [-0.3, -0.25) is 4.79 Å². The third-order valence-corrected chi connectivity index (χ3v) is 3.64. The van der Waals surface area contributed by atoms with Gasteiger partial charge in [-0.05, 0) is 52.9 Å². The molecule has 1 atom stereocenters. The molecule has 1 heterocycles. The number of likely N-dealkylation sites (tertiary alicyclic amines) is 1.